The summed E-state index contributed by atoms with van der Waals surface area (Å²) in [4.78, 5) is 10.6. The van der Waals surface area contributed by atoms with Crippen molar-refractivity contribution >= 4 is 27.4 Å². The zero-order valence-electron chi connectivity index (χ0n) is 16.9. The van der Waals surface area contributed by atoms with E-state index < -0.39 is 0 Å². The fourth-order valence-electron chi connectivity index (χ4n) is 3.00. The van der Waals surface area contributed by atoms with Crippen LogP contribution in [0.25, 0.3) is 22.3 Å². The lowest BCUT2D eigenvalue weighted by Crippen LogP contribution is -2.04. The number of nitrogens with zero attached hydrogens (tertiary/aromatic N) is 2. The van der Waals surface area contributed by atoms with E-state index in [1.807, 2.05) is 62.4 Å². The minimum Gasteiger partial charge on any atom is -0.497 e. The number of benzene rings is 2. The number of thiazole rings is 1. The molecule has 0 spiro atoms. The molecule has 2 aromatic heterocycles. The lowest BCUT2D eigenvalue weighted by molar-refractivity contribution is 0.340. The highest BCUT2D eigenvalue weighted by Gasteiger charge is 2.09. The number of methoxy groups -OCH3 is 1. The minimum atomic E-state index is 0.601. The van der Waals surface area contributed by atoms with Gasteiger partial charge in [0.05, 0.1) is 24.8 Å². The number of rotatable bonds is 5. The second-order valence-corrected chi connectivity index (χ2v) is 7.75. The van der Waals surface area contributed by atoms with Crippen molar-refractivity contribution in [2.24, 2.45) is 4.99 Å². The molecule has 0 unspecified atom stereocenters. The third-order valence-electron chi connectivity index (χ3n) is 4.63. The molecule has 0 atom stereocenters. The van der Waals surface area contributed by atoms with E-state index in [1.54, 1.807) is 18.4 Å². The molecular formula is C23H22N2O3S. The van der Waals surface area contributed by atoms with Gasteiger partial charge in [0.1, 0.15) is 22.8 Å². The molecule has 0 radical (unpaired) electrons. The van der Waals surface area contributed by atoms with Crippen LogP contribution in [0.1, 0.15) is 17.5 Å². The zero-order chi connectivity index (χ0) is 20.4. The van der Waals surface area contributed by atoms with Crippen LogP contribution in [0.15, 0.2) is 57.9 Å². The first kappa shape index (κ1) is 19.2. The van der Waals surface area contributed by atoms with Crippen molar-refractivity contribution in [1.82, 2.24) is 4.98 Å². The zero-order valence-corrected chi connectivity index (χ0v) is 17.7. The molecule has 0 amide bonds. The third kappa shape index (κ3) is 4.03. The minimum absolute atomic E-state index is 0.601. The van der Waals surface area contributed by atoms with Gasteiger partial charge in [0.15, 0.2) is 0 Å². The normalized spacial score (nSPS) is 11.8. The summed E-state index contributed by atoms with van der Waals surface area (Å²) in [6, 6.07) is 15.5. The van der Waals surface area contributed by atoms with Crippen molar-refractivity contribution in [1.29, 1.82) is 0 Å². The molecule has 29 heavy (non-hydrogen) atoms. The number of hydrogen-bond donors (Lipinski definition) is 0. The number of aryl methyl sites for hydroxylation is 2. The summed E-state index contributed by atoms with van der Waals surface area (Å²) >= 11 is 1.58. The van der Waals surface area contributed by atoms with Gasteiger partial charge >= 0.3 is 0 Å². The Bertz CT molecular complexity index is 1200. The Morgan fingerprint density at radius 1 is 1.03 bits per heavy atom. The van der Waals surface area contributed by atoms with Crippen LogP contribution < -0.4 is 14.8 Å². The summed E-state index contributed by atoms with van der Waals surface area (Å²) in [5, 5.41) is 2.42. The van der Waals surface area contributed by atoms with E-state index in [9.17, 15) is 0 Å². The van der Waals surface area contributed by atoms with Gasteiger partial charge in [-0.25, -0.2) is 9.98 Å². The second-order valence-electron chi connectivity index (χ2n) is 6.57. The van der Waals surface area contributed by atoms with Gasteiger partial charge in [-0.1, -0.05) is 11.3 Å². The second kappa shape index (κ2) is 8.09. The monoisotopic (exact) mass is 406 g/mol. The smallest absolute Gasteiger partial charge is 0.210 e. The van der Waals surface area contributed by atoms with Gasteiger partial charge in [-0.05, 0) is 63.2 Å². The average molecular weight is 407 g/mol. The average Bonchev–Trinajstić information content (AvgIpc) is 3.05. The molecule has 0 saturated heterocycles. The molecule has 5 nitrogen and oxygen atoms in total. The molecule has 0 saturated carbocycles. The van der Waals surface area contributed by atoms with E-state index in [-0.39, 0.29) is 0 Å². The lowest BCUT2D eigenvalue weighted by Gasteiger charge is -2.08. The Kier molecular flexibility index (Phi) is 5.36. The van der Waals surface area contributed by atoms with Gasteiger partial charge in [0.2, 0.25) is 5.13 Å². The standard InChI is InChI=1S/C23H22N2O3S/c1-5-27-18-10-11-21-19(12-18)20(25-23-24-14(2)15(3)29-23)13-22(28-21)16-6-8-17(26-4)9-7-16/h6-13H,5H2,1-4H3/b25-20+. The lowest BCUT2D eigenvalue weighted by atomic mass is 10.1. The van der Waals surface area contributed by atoms with Gasteiger partial charge in [-0.2, -0.15) is 0 Å². The molecular weight excluding hydrogens is 384 g/mol. The first-order valence-corrected chi connectivity index (χ1v) is 10.2. The van der Waals surface area contributed by atoms with Crippen LogP contribution in [-0.2, 0) is 0 Å². The Hall–Kier alpha value is -3.12. The van der Waals surface area contributed by atoms with Crippen molar-refractivity contribution < 1.29 is 13.9 Å². The van der Waals surface area contributed by atoms with Crippen LogP contribution in [0.3, 0.4) is 0 Å². The Morgan fingerprint density at radius 3 is 2.45 bits per heavy atom. The van der Waals surface area contributed by atoms with Gasteiger partial charge < -0.3 is 13.9 Å². The van der Waals surface area contributed by atoms with Gasteiger partial charge in [-0.3, -0.25) is 0 Å². The molecule has 148 valence electrons. The highest BCUT2D eigenvalue weighted by molar-refractivity contribution is 7.15. The molecule has 0 aliphatic heterocycles. The fourth-order valence-corrected chi connectivity index (χ4v) is 3.80. The molecule has 4 rings (SSSR count). The SMILES string of the molecule is CCOc1ccc2oc(-c3ccc(OC)cc3)c/c(=N\c3nc(C)c(C)s3)c2c1. The van der Waals surface area contributed by atoms with Crippen LogP contribution in [-0.4, -0.2) is 18.7 Å². The molecule has 0 bridgehead atoms. The topological polar surface area (TPSA) is 56.9 Å². The number of hydrogen-bond acceptors (Lipinski definition) is 6. The van der Waals surface area contributed by atoms with E-state index in [2.05, 4.69) is 11.9 Å². The van der Waals surface area contributed by atoms with Crippen molar-refractivity contribution in [3.8, 4) is 22.8 Å². The van der Waals surface area contributed by atoms with Crippen LogP contribution >= 0.6 is 11.3 Å². The van der Waals surface area contributed by atoms with Crippen LogP contribution in [0, 0.1) is 13.8 Å². The first-order valence-electron chi connectivity index (χ1n) is 9.41. The van der Waals surface area contributed by atoms with E-state index in [1.165, 1.54) is 4.88 Å². The third-order valence-corrected chi connectivity index (χ3v) is 5.60. The molecule has 0 aliphatic carbocycles. The van der Waals surface area contributed by atoms with Crippen LogP contribution in [0.5, 0.6) is 11.5 Å². The summed E-state index contributed by atoms with van der Waals surface area (Å²) in [5.74, 6) is 2.32. The predicted molar refractivity (Wildman–Crippen MR) is 116 cm³/mol. The van der Waals surface area contributed by atoms with E-state index in [4.69, 9.17) is 18.9 Å². The van der Waals surface area contributed by atoms with Gasteiger partial charge in [-0.15, -0.1) is 0 Å². The van der Waals surface area contributed by atoms with Crippen molar-refractivity contribution in [2.45, 2.75) is 20.8 Å². The van der Waals surface area contributed by atoms with Crippen molar-refractivity contribution in [2.75, 3.05) is 13.7 Å². The molecule has 6 heteroatoms. The number of fused-ring (bicyclic) bond motifs is 1. The number of ether oxygens (including phenoxy) is 2. The Labute approximate surface area is 173 Å². The molecule has 2 heterocycles. The van der Waals surface area contributed by atoms with Crippen molar-refractivity contribution in [3.63, 3.8) is 0 Å². The summed E-state index contributed by atoms with van der Waals surface area (Å²) < 4.78 is 17.1. The summed E-state index contributed by atoms with van der Waals surface area (Å²) in [6.07, 6.45) is 0. The Balaban J connectivity index is 1.93. The Morgan fingerprint density at radius 2 is 1.79 bits per heavy atom. The molecule has 4 aromatic rings. The number of aromatic nitrogens is 1. The molecule has 0 N–H and O–H groups in total. The van der Waals surface area contributed by atoms with Crippen molar-refractivity contribution in [3.05, 3.63) is 64.5 Å². The summed E-state index contributed by atoms with van der Waals surface area (Å²) in [6.45, 7) is 6.62. The van der Waals surface area contributed by atoms with Crippen LogP contribution in [0.4, 0.5) is 5.13 Å². The maximum atomic E-state index is 6.19. The quantitative estimate of drug-likeness (QED) is 0.419. The van der Waals surface area contributed by atoms with Gasteiger partial charge in [0.25, 0.3) is 0 Å². The first-order chi connectivity index (χ1) is 14.1. The molecule has 0 fully saturated rings. The van der Waals surface area contributed by atoms with Crippen LogP contribution in [0.2, 0.25) is 0 Å². The maximum absolute atomic E-state index is 6.19. The fraction of sp³-hybridized carbons (Fsp3) is 0.217. The largest absolute Gasteiger partial charge is 0.497 e. The molecule has 0 aliphatic rings. The highest BCUT2D eigenvalue weighted by Crippen LogP contribution is 2.28. The van der Waals surface area contributed by atoms with E-state index in [0.717, 1.165) is 50.0 Å². The molecule has 2 aromatic carbocycles. The highest BCUT2D eigenvalue weighted by atomic mass is 32.1. The van der Waals surface area contributed by atoms with Gasteiger partial charge in [0, 0.05) is 21.9 Å². The van der Waals surface area contributed by atoms with E-state index >= 15 is 0 Å². The summed E-state index contributed by atoms with van der Waals surface area (Å²) in [7, 11) is 1.65. The van der Waals surface area contributed by atoms with E-state index in [0.29, 0.717) is 6.61 Å². The maximum Gasteiger partial charge on any atom is 0.210 e. The summed E-state index contributed by atoms with van der Waals surface area (Å²) in [5.41, 5.74) is 2.69. The predicted octanol–water partition coefficient (Wildman–Crippen LogP) is 5.81.